The molecule has 0 saturated heterocycles. The normalized spacial score (nSPS) is 14.4. The Morgan fingerprint density at radius 3 is 1.89 bits per heavy atom. The lowest BCUT2D eigenvalue weighted by Crippen LogP contribution is -2.37. The number of unbranched alkanes of at least 4 members (excludes halogenated alkanes) is 6. The summed E-state index contributed by atoms with van der Waals surface area (Å²) in [5.41, 5.74) is 1.07. The van der Waals surface area contributed by atoms with Crippen LogP contribution < -0.4 is 0 Å². The number of carbonyl (C=O) groups is 2. The van der Waals surface area contributed by atoms with Gasteiger partial charge in [-0.15, -0.1) is 11.8 Å². The number of imide groups is 1. The highest BCUT2D eigenvalue weighted by Gasteiger charge is 2.39. The smallest absolute Gasteiger partial charge is 0.262 e. The highest BCUT2D eigenvalue weighted by Crippen LogP contribution is 2.35. The van der Waals surface area contributed by atoms with E-state index in [0.717, 1.165) is 24.2 Å². The van der Waals surface area contributed by atoms with Gasteiger partial charge in [-0.3, -0.25) is 14.5 Å². The summed E-state index contributed by atoms with van der Waals surface area (Å²) in [4.78, 5) is 28.5. The average molecular weight is 396 g/mol. The minimum absolute atomic E-state index is 0.156. The Labute approximate surface area is 172 Å². The number of nitrogens with zero attached hydrogens (tertiary/aromatic N) is 1. The molecule has 0 N–H and O–H groups in total. The summed E-state index contributed by atoms with van der Waals surface area (Å²) in [5, 5.41) is -0.162. The van der Waals surface area contributed by atoms with E-state index in [4.69, 9.17) is 0 Å². The van der Waals surface area contributed by atoms with Gasteiger partial charge in [-0.2, -0.15) is 0 Å². The lowest BCUT2D eigenvalue weighted by Gasteiger charge is -2.26. The summed E-state index contributed by atoms with van der Waals surface area (Å²) in [7, 11) is 0. The zero-order valence-corrected chi connectivity index (χ0v) is 17.4. The van der Waals surface area contributed by atoms with Crippen LogP contribution in [-0.2, 0) is 0 Å². The molecule has 2 aromatic carbocycles. The van der Waals surface area contributed by atoms with Gasteiger partial charge in [0.15, 0.2) is 0 Å². The molecule has 3 rings (SSSR count). The number of amides is 2. The summed E-state index contributed by atoms with van der Waals surface area (Å²) in [6.07, 6.45) is 9.39. The second kappa shape index (κ2) is 10.5. The minimum atomic E-state index is -0.162. The van der Waals surface area contributed by atoms with Crippen molar-refractivity contribution in [2.75, 3.05) is 0 Å². The van der Waals surface area contributed by atoms with Crippen molar-refractivity contribution in [1.29, 1.82) is 0 Å². The molecule has 2 amide bonds. The van der Waals surface area contributed by atoms with Gasteiger partial charge in [0.1, 0.15) is 0 Å². The van der Waals surface area contributed by atoms with Crippen LogP contribution >= 0.6 is 11.8 Å². The maximum atomic E-state index is 12.9. The number of hydrogen-bond donors (Lipinski definition) is 0. The summed E-state index contributed by atoms with van der Waals surface area (Å²) in [6, 6.07) is 17.2. The van der Waals surface area contributed by atoms with Crippen LogP contribution in [0.3, 0.4) is 0 Å². The third kappa shape index (κ3) is 5.05. The van der Waals surface area contributed by atoms with E-state index < -0.39 is 0 Å². The Morgan fingerprint density at radius 2 is 1.29 bits per heavy atom. The average Bonchev–Trinajstić information content (AvgIpc) is 2.98. The standard InChI is InChI=1S/C24H29NO2S/c1-2-3-4-5-6-7-11-18-22(28-19-14-9-8-10-15-19)25-23(26)20-16-12-13-17-21(20)24(25)27/h8-10,12-17,22H,2-7,11,18H2,1H3. The molecule has 1 heterocycles. The predicted molar refractivity (Wildman–Crippen MR) is 116 cm³/mol. The lowest BCUT2D eigenvalue weighted by molar-refractivity contribution is 0.0632. The van der Waals surface area contributed by atoms with E-state index in [-0.39, 0.29) is 17.2 Å². The van der Waals surface area contributed by atoms with Gasteiger partial charge in [-0.25, -0.2) is 0 Å². The summed E-state index contributed by atoms with van der Waals surface area (Å²) < 4.78 is 0. The molecule has 0 bridgehead atoms. The molecule has 148 valence electrons. The van der Waals surface area contributed by atoms with E-state index in [9.17, 15) is 9.59 Å². The van der Waals surface area contributed by atoms with Crippen LogP contribution in [0, 0.1) is 0 Å². The third-order valence-electron chi connectivity index (χ3n) is 5.18. The van der Waals surface area contributed by atoms with Gasteiger partial charge >= 0.3 is 0 Å². The molecule has 0 spiro atoms. The molecule has 0 saturated carbocycles. The number of fused-ring (bicyclic) bond motifs is 1. The van der Waals surface area contributed by atoms with E-state index in [1.807, 2.05) is 42.5 Å². The molecule has 0 fully saturated rings. The first-order valence-electron chi connectivity index (χ1n) is 10.4. The highest BCUT2D eigenvalue weighted by atomic mass is 32.2. The second-order valence-electron chi connectivity index (χ2n) is 7.32. The first-order valence-corrected chi connectivity index (χ1v) is 11.3. The number of benzene rings is 2. The van der Waals surface area contributed by atoms with Crippen molar-refractivity contribution in [1.82, 2.24) is 4.90 Å². The van der Waals surface area contributed by atoms with Crippen LogP contribution in [0.25, 0.3) is 0 Å². The van der Waals surface area contributed by atoms with Crippen molar-refractivity contribution < 1.29 is 9.59 Å². The summed E-state index contributed by atoms with van der Waals surface area (Å²) in [5.74, 6) is -0.311. The lowest BCUT2D eigenvalue weighted by atomic mass is 10.1. The van der Waals surface area contributed by atoms with Crippen molar-refractivity contribution in [3.63, 3.8) is 0 Å². The van der Waals surface area contributed by atoms with Crippen LogP contribution in [0.4, 0.5) is 0 Å². The Morgan fingerprint density at radius 1 is 0.750 bits per heavy atom. The number of thioether (sulfide) groups is 1. The fourth-order valence-corrected chi connectivity index (χ4v) is 4.85. The van der Waals surface area contributed by atoms with Crippen LogP contribution in [0.5, 0.6) is 0 Å². The van der Waals surface area contributed by atoms with Crippen molar-refractivity contribution in [3.8, 4) is 0 Å². The molecule has 1 atom stereocenters. The van der Waals surface area contributed by atoms with E-state index in [2.05, 4.69) is 6.92 Å². The van der Waals surface area contributed by atoms with Crippen LogP contribution in [0.2, 0.25) is 0 Å². The highest BCUT2D eigenvalue weighted by molar-refractivity contribution is 8.00. The van der Waals surface area contributed by atoms with Gasteiger partial charge in [-0.05, 0) is 30.7 Å². The number of rotatable bonds is 11. The summed E-state index contributed by atoms with van der Waals surface area (Å²) in [6.45, 7) is 2.23. The van der Waals surface area contributed by atoms with Gasteiger partial charge in [-0.1, -0.05) is 82.2 Å². The van der Waals surface area contributed by atoms with Crippen LogP contribution in [-0.4, -0.2) is 22.1 Å². The topological polar surface area (TPSA) is 37.4 Å². The van der Waals surface area contributed by atoms with E-state index in [0.29, 0.717) is 11.1 Å². The predicted octanol–water partition coefficient (Wildman–Crippen LogP) is 6.54. The molecule has 1 unspecified atom stereocenters. The van der Waals surface area contributed by atoms with Crippen molar-refractivity contribution in [2.45, 2.75) is 68.6 Å². The maximum absolute atomic E-state index is 12.9. The minimum Gasteiger partial charge on any atom is -0.269 e. The SMILES string of the molecule is CCCCCCCCCC(Sc1ccccc1)N1C(=O)c2ccccc2C1=O. The molecule has 4 heteroatoms. The van der Waals surface area contributed by atoms with Gasteiger partial charge < -0.3 is 0 Å². The Kier molecular flexibility index (Phi) is 7.72. The molecule has 0 radical (unpaired) electrons. The van der Waals surface area contributed by atoms with E-state index >= 15 is 0 Å². The fourth-order valence-electron chi connectivity index (χ4n) is 3.64. The zero-order chi connectivity index (χ0) is 19.8. The molecule has 28 heavy (non-hydrogen) atoms. The molecule has 0 aromatic heterocycles. The monoisotopic (exact) mass is 395 g/mol. The molecule has 0 aliphatic carbocycles. The molecule has 1 aliphatic heterocycles. The Bertz CT molecular complexity index is 755. The van der Waals surface area contributed by atoms with E-state index in [1.54, 1.807) is 23.9 Å². The zero-order valence-electron chi connectivity index (χ0n) is 16.6. The maximum Gasteiger partial charge on any atom is 0.262 e. The van der Waals surface area contributed by atoms with E-state index in [1.165, 1.54) is 37.0 Å². The number of carbonyl (C=O) groups excluding carboxylic acids is 2. The third-order valence-corrected chi connectivity index (χ3v) is 6.45. The van der Waals surface area contributed by atoms with Gasteiger partial charge in [0.25, 0.3) is 11.8 Å². The molecule has 1 aliphatic rings. The molecular weight excluding hydrogens is 366 g/mol. The van der Waals surface area contributed by atoms with Gasteiger partial charge in [0.2, 0.25) is 0 Å². The van der Waals surface area contributed by atoms with Crippen LogP contribution in [0.1, 0.15) is 79.0 Å². The fraction of sp³-hybridized carbons (Fsp3) is 0.417. The Balaban J connectivity index is 1.66. The molecular formula is C24H29NO2S. The quantitative estimate of drug-likeness (QED) is 0.246. The first-order chi connectivity index (χ1) is 13.7. The molecule has 2 aromatic rings. The molecule has 3 nitrogen and oxygen atoms in total. The van der Waals surface area contributed by atoms with Crippen molar-refractivity contribution in [3.05, 3.63) is 65.7 Å². The second-order valence-corrected chi connectivity index (χ2v) is 8.57. The first kappa shape index (κ1) is 20.7. The summed E-state index contributed by atoms with van der Waals surface area (Å²) >= 11 is 1.62. The van der Waals surface area contributed by atoms with Gasteiger partial charge in [0, 0.05) is 4.90 Å². The largest absolute Gasteiger partial charge is 0.269 e. The Hall–Kier alpha value is -2.07. The number of hydrogen-bond acceptors (Lipinski definition) is 3. The van der Waals surface area contributed by atoms with Crippen LogP contribution in [0.15, 0.2) is 59.5 Å². The van der Waals surface area contributed by atoms with Crippen molar-refractivity contribution >= 4 is 23.6 Å². The van der Waals surface area contributed by atoms with Crippen molar-refractivity contribution in [2.24, 2.45) is 0 Å². The van der Waals surface area contributed by atoms with Gasteiger partial charge in [0.05, 0.1) is 16.5 Å².